The zero-order valence-corrected chi connectivity index (χ0v) is 15.5. The Kier molecular flexibility index (Phi) is 7.04. The van der Waals surface area contributed by atoms with Gasteiger partial charge in [0.05, 0.1) is 5.92 Å². The van der Waals surface area contributed by atoms with Gasteiger partial charge in [0, 0.05) is 12.1 Å². The van der Waals surface area contributed by atoms with Crippen LogP contribution in [-0.2, 0) is 6.42 Å². The smallest absolute Gasteiger partial charge is 0.231 e. The van der Waals surface area contributed by atoms with E-state index < -0.39 is 0 Å². The molecule has 1 saturated heterocycles. The second-order valence-electron chi connectivity index (χ2n) is 7.21. The summed E-state index contributed by atoms with van der Waals surface area (Å²) in [6.45, 7) is 4.25. The summed E-state index contributed by atoms with van der Waals surface area (Å²) in [5, 5.41) is 7.50. The molecule has 3 rings (SSSR count). The van der Waals surface area contributed by atoms with Crippen LogP contribution in [0.25, 0.3) is 11.4 Å². The number of rotatable bonds is 10. The van der Waals surface area contributed by atoms with Crippen LogP contribution < -0.4 is 5.32 Å². The van der Waals surface area contributed by atoms with Crippen molar-refractivity contribution in [3.8, 4) is 11.4 Å². The molecule has 2 aromatic rings. The number of benzene rings is 1. The summed E-state index contributed by atoms with van der Waals surface area (Å²) in [5.41, 5.74) is 2.45. The lowest BCUT2D eigenvalue weighted by atomic mass is 10.0. The van der Waals surface area contributed by atoms with Crippen LogP contribution in [0.4, 0.5) is 0 Å². The van der Waals surface area contributed by atoms with Crippen LogP contribution in [-0.4, -0.2) is 23.2 Å². The lowest BCUT2D eigenvalue weighted by Gasteiger charge is -2.03. The lowest BCUT2D eigenvalue weighted by molar-refractivity contribution is 0.359. The second-order valence-corrected chi connectivity index (χ2v) is 7.21. The highest BCUT2D eigenvalue weighted by Gasteiger charge is 2.22. The highest BCUT2D eigenvalue weighted by atomic mass is 16.5. The topological polar surface area (TPSA) is 51.0 Å². The van der Waals surface area contributed by atoms with Gasteiger partial charge in [0.2, 0.25) is 11.7 Å². The van der Waals surface area contributed by atoms with Gasteiger partial charge in [-0.25, -0.2) is 0 Å². The Morgan fingerprint density at radius 3 is 2.52 bits per heavy atom. The molecule has 0 unspecified atom stereocenters. The van der Waals surface area contributed by atoms with Crippen LogP contribution in [0.1, 0.15) is 75.7 Å². The minimum atomic E-state index is 0.373. The number of nitrogens with zero attached hydrogens (tertiary/aromatic N) is 2. The number of hydrogen-bond donors (Lipinski definition) is 1. The van der Waals surface area contributed by atoms with Crippen molar-refractivity contribution in [3.63, 3.8) is 0 Å². The standard InChI is InChI=1S/C21H31N3O/c1-2-3-4-5-6-7-8-9-17-10-12-18(13-11-17)20-23-21(25-24-20)19-14-15-22-16-19/h10-13,19,22H,2-9,14-16H2,1H3/t19-/m1/s1. The summed E-state index contributed by atoms with van der Waals surface area (Å²) in [6.07, 6.45) is 11.8. The Hall–Kier alpha value is -1.68. The maximum absolute atomic E-state index is 5.45. The van der Waals surface area contributed by atoms with E-state index in [-0.39, 0.29) is 0 Å². The van der Waals surface area contributed by atoms with E-state index in [9.17, 15) is 0 Å². The summed E-state index contributed by atoms with van der Waals surface area (Å²) in [4.78, 5) is 4.59. The SMILES string of the molecule is CCCCCCCCCc1ccc(-c2noc([C@@H]3CCNC3)n2)cc1. The molecule has 1 N–H and O–H groups in total. The number of hydrogen-bond acceptors (Lipinski definition) is 4. The van der Waals surface area contributed by atoms with E-state index in [1.54, 1.807) is 0 Å². The molecule has 136 valence electrons. The molecule has 1 aromatic heterocycles. The number of nitrogens with one attached hydrogen (secondary N) is 1. The van der Waals surface area contributed by atoms with Crippen molar-refractivity contribution >= 4 is 0 Å². The van der Waals surface area contributed by atoms with Gasteiger partial charge in [-0.1, -0.05) is 74.9 Å². The largest absolute Gasteiger partial charge is 0.339 e. The van der Waals surface area contributed by atoms with Crippen LogP contribution in [0.15, 0.2) is 28.8 Å². The minimum Gasteiger partial charge on any atom is -0.339 e. The van der Waals surface area contributed by atoms with Gasteiger partial charge in [-0.15, -0.1) is 0 Å². The van der Waals surface area contributed by atoms with Gasteiger partial charge in [-0.05, 0) is 31.4 Å². The van der Waals surface area contributed by atoms with Gasteiger partial charge >= 0.3 is 0 Å². The first kappa shape index (κ1) is 18.1. The molecular weight excluding hydrogens is 310 g/mol. The quantitative estimate of drug-likeness (QED) is 0.610. The maximum Gasteiger partial charge on any atom is 0.231 e. The van der Waals surface area contributed by atoms with Crippen LogP contribution in [0, 0.1) is 0 Å². The Morgan fingerprint density at radius 1 is 1.04 bits per heavy atom. The van der Waals surface area contributed by atoms with Crippen molar-refractivity contribution < 1.29 is 4.52 Å². The third kappa shape index (κ3) is 5.40. The molecule has 0 radical (unpaired) electrons. The maximum atomic E-state index is 5.45. The van der Waals surface area contributed by atoms with Gasteiger partial charge < -0.3 is 9.84 Å². The summed E-state index contributed by atoms with van der Waals surface area (Å²) >= 11 is 0. The average molecular weight is 341 g/mol. The predicted molar refractivity (Wildman–Crippen MR) is 102 cm³/mol. The average Bonchev–Trinajstić information content (AvgIpc) is 3.33. The van der Waals surface area contributed by atoms with Crippen LogP contribution >= 0.6 is 0 Å². The van der Waals surface area contributed by atoms with Crippen molar-refractivity contribution in [2.45, 2.75) is 70.6 Å². The van der Waals surface area contributed by atoms with E-state index in [1.165, 1.54) is 56.9 Å². The second kappa shape index (κ2) is 9.71. The van der Waals surface area contributed by atoms with Gasteiger partial charge in [0.15, 0.2) is 0 Å². The summed E-state index contributed by atoms with van der Waals surface area (Å²) in [7, 11) is 0. The molecule has 1 atom stereocenters. The highest BCUT2D eigenvalue weighted by molar-refractivity contribution is 5.54. The molecule has 2 heterocycles. The fourth-order valence-electron chi connectivity index (χ4n) is 3.49. The zero-order chi connectivity index (χ0) is 17.3. The molecular formula is C21H31N3O. The van der Waals surface area contributed by atoms with Crippen LogP contribution in [0.2, 0.25) is 0 Å². The summed E-state index contributed by atoms with van der Waals surface area (Å²) < 4.78 is 5.45. The van der Waals surface area contributed by atoms with Crippen molar-refractivity contribution in [3.05, 3.63) is 35.7 Å². The van der Waals surface area contributed by atoms with Crippen molar-refractivity contribution in [2.75, 3.05) is 13.1 Å². The highest BCUT2D eigenvalue weighted by Crippen LogP contribution is 2.24. The molecule has 1 aliphatic rings. The van der Waals surface area contributed by atoms with Gasteiger partial charge in [-0.3, -0.25) is 0 Å². The fourth-order valence-corrected chi connectivity index (χ4v) is 3.49. The Morgan fingerprint density at radius 2 is 1.80 bits per heavy atom. The van der Waals surface area contributed by atoms with E-state index in [0.29, 0.717) is 11.7 Å². The van der Waals surface area contributed by atoms with Crippen molar-refractivity contribution in [1.29, 1.82) is 0 Å². The first-order valence-electron chi connectivity index (χ1n) is 10.0. The van der Waals surface area contributed by atoms with Crippen molar-refractivity contribution in [1.82, 2.24) is 15.5 Å². The van der Waals surface area contributed by atoms with Gasteiger partial charge in [0.1, 0.15) is 0 Å². The Bertz CT molecular complexity index is 614. The van der Waals surface area contributed by atoms with Gasteiger partial charge in [0.25, 0.3) is 0 Å². The first-order valence-corrected chi connectivity index (χ1v) is 10.0. The van der Waals surface area contributed by atoms with Crippen LogP contribution in [0.3, 0.4) is 0 Å². The third-order valence-electron chi connectivity index (χ3n) is 5.13. The molecule has 0 aliphatic carbocycles. The number of unbranched alkanes of at least 4 members (excludes halogenated alkanes) is 6. The molecule has 1 aromatic carbocycles. The summed E-state index contributed by atoms with van der Waals surface area (Å²) in [6, 6.07) is 8.66. The van der Waals surface area contributed by atoms with Crippen LogP contribution in [0.5, 0.6) is 0 Å². The Balaban J connectivity index is 1.44. The minimum absolute atomic E-state index is 0.373. The lowest BCUT2D eigenvalue weighted by Crippen LogP contribution is -2.08. The molecule has 4 nitrogen and oxygen atoms in total. The molecule has 1 aliphatic heterocycles. The molecule has 4 heteroatoms. The van der Waals surface area contributed by atoms with E-state index in [2.05, 4.69) is 46.6 Å². The molecule has 25 heavy (non-hydrogen) atoms. The van der Waals surface area contributed by atoms with Gasteiger partial charge in [-0.2, -0.15) is 4.98 Å². The summed E-state index contributed by atoms with van der Waals surface area (Å²) in [5.74, 6) is 1.86. The van der Waals surface area contributed by atoms with E-state index in [4.69, 9.17) is 4.52 Å². The molecule has 0 saturated carbocycles. The molecule has 0 bridgehead atoms. The van der Waals surface area contributed by atoms with E-state index in [1.807, 2.05) is 0 Å². The normalized spacial score (nSPS) is 17.2. The fraction of sp³-hybridized carbons (Fsp3) is 0.619. The number of aryl methyl sites for hydroxylation is 1. The molecule has 0 amide bonds. The first-order chi connectivity index (χ1) is 12.4. The predicted octanol–water partition coefficient (Wildman–Crippen LogP) is 5.11. The third-order valence-corrected chi connectivity index (χ3v) is 5.13. The van der Waals surface area contributed by atoms with Crippen molar-refractivity contribution in [2.24, 2.45) is 0 Å². The van der Waals surface area contributed by atoms with E-state index in [0.717, 1.165) is 31.0 Å². The number of aromatic nitrogens is 2. The molecule has 0 spiro atoms. The molecule has 1 fully saturated rings. The monoisotopic (exact) mass is 341 g/mol. The Labute approximate surface area is 151 Å². The zero-order valence-electron chi connectivity index (χ0n) is 15.5. The van der Waals surface area contributed by atoms with E-state index >= 15 is 0 Å².